The molecule has 1 atom stereocenters. The van der Waals surface area contributed by atoms with Crippen molar-refractivity contribution in [2.45, 2.75) is 25.6 Å². The number of hydrogen-bond donors (Lipinski definition) is 0. The molecule has 0 aliphatic carbocycles. The van der Waals surface area contributed by atoms with Gasteiger partial charge in [-0.2, -0.15) is 0 Å². The van der Waals surface area contributed by atoms with Crippen LogP contribution in [0.1, 0.15) is 30.0 Å². The molecule has 2 heterocycles. The maximum Gasteiger partial charge on any atom is 0.294 e. The summed E-state index contributed by atoms with van der Waals surface area (Å²) in [6.07, 6.45) is 2.66. The summed E-state index contributed by atoms with van der Waals surface area (Å²) in [5, 5.41) is 0. The minimum absolute atomic E-state index is 0.0195. The number of benzene rings is 2. The molecule has 1 aliphatic heterocycles. The number of hydrogen-bond acceptors (Lipinski definition) is 5. The molecule has 1 aromatic heterocycles. The number of carbonyl (C=O) groups excluding carboxylic acids is 2. The van der Waals surface area contributed by atoms with Crippen LogP contribution in [0.25, 0.3) is 11.1 Å². The van der Waals surface area contributed by atoms with E-state index < -0.39 is 9.84 Å². The summed E-state index contributed by atoms with van der Waals surface area (Å²) in [4.78, 5) is 28.8. The van der Waals surface area contributed by atoms with Gasteiger partial charge in [0.2, 0.25) is 5.91 Å². The number of anilines is 2. The van der Waals surface area contributed by atoms with E-state index in [1.54, 1.807) is 34.1 Å². The van der Waals surface area contributed by atoms with Crippen molar-refractivity contribution >= 4 is 33.0 Å². The highest BCUT2D eigenvalue weighted by atomic mass is 32.2. The van der Waals surface area contributed by atoms with E-state index in [0.29, 0.717) is 23.5 Å². The van der Waals surface area contributed by atoms with E-state index in [1.807, 2.05) is 37.3 Å². The Labute approximate surface area is 187 Å². The minimum Gasteiger partial charge on any atom is -0.459 e. The molecule has 1 aliphatic rings. The van der Waals surface area contributed by atoms with Gasteiger partial charge in [0, 0.05) is 19.7 Å². The molecule has 0 spiro atoms. The van der Waals surface area contributed by atoms with Crippen LogP contribution in [0.3, 0.4) is 0 Å². The third kappa shape index (κ3) is 4.31. The summed E-state index contributed by atoms with van der Waals surface area (Å²) in [5.74, 6) is -0.155. The monoisotopic (exact) mass is 452 g/mol. The first-order valence-electron chi connectivity index (χ1n) is 10.2. The molecular weight excluding hydrogens is 428 g/mol. The average Bonchev–Trinajstić information content (AvgIpc) is 3.26. The topological polar surface area (TPSA) is 87.9 Å². The molecule has 0 unspecified atom stereocenters. The van der Waals surface area contributed by atoms with Crippen LogP contribution in [0, 0.1) is 0 Å². The minimum atomic E-state index is -3.12. The number of carbonyl (C=O) groups is 2. The van der Waals surface area contributed by atoms with Crippen LogP contribution in [-0.4, -0.2) is 39.1 Å². The van der Waals surface area contributed by atoms with Gasteiger partial charge in [-0.15, -0.1) is 0 Å². The predicted molar refractivity (Wildman–Crippen MR) is 123 cm³/mol. The molecule has 3 aromatic rings. The maximum atomic E-state index is 13.1. The second-order valence-electron chi connectivity index (χ2n) is 8.10. The van der Waals surface area contributed by atoms with Gasteiger partial charge in [0.15, 0.2) is 15.6 Å². The third-order valence-electron chi connectivity index (χ3n) is 5.45. The SMILES string of the molecule is CC(=O)N1c2ccc(-c3ccc(CS(C)(=O)=O)cc3)cc2N(C(=O)c2ccco2)C[C@@H]1C. The summed E-state index contributed by atoms with van der Waals surface area (Å²) in [6.45, 7) is 3.75. The van der Waals surface area contributed by atoms with Crippen LogP contribution in [0.4, 0.5) is 11.4 Å². The Kier molecular flexibility index (Phi) is 5.64. The van der Waals surface area contributed by atoms with E-state index >= 15 is 0 Å². The predicted octanol–water partition coefficient (Wildman–Crippen LogP) is 3.89. The van der Waals surface area contributed by atoms with Crippen molar-refractivity contribution in [2.24, 2.45) is 0 Å². The molecule has 2 aromatic carbocycles. The van der Waals surface area contributed by atoms with Gasteiger partial charge in [-0.05, 0) is 47.9 Å². The highest BCUT2D eigenvalue weighted by Gasteiger charge is 2.35. The quantitative estimate of drug-likeness (QED) is 0.599. The molecule has 0 bridgehead atoms. The van der Waals surface area contributed by atoms with E-state index in [4.69, 9.17) is 4.42 Å². The summed E-state index contributed by atoms with van der Waals surface area (Å²) in [5.41, 5.74) is 3.72. The van der Waals surface area contributed by atoms with E-state index in [0.717, 1.165) is 11.1 Å². The number of furan rings is 1. The largest absolute Gasteiger partial charge is 0.459 e. The summed E-state index contributed by atoms with van der Waals surface area (Å²) < 4.78 is 28.4. The zero-order valence-electron chi connectivity index (χ0n) is 18.1. The first-order chi connectivity index (χ1) is 15.1. The smallest absolute Gasteiger partial charge is 0.294 e. The Morgan fingerprint density at radius 3 is 2.31 bits per heavy atom. The van der Waals surface area contributed by atoms with Gasteiger partial charge in [0.05, 0.1) is 29.4 Å². The first kappa shape index (κ1) is 21.8. The lowest BCUT2D eigenvalue weighted by Crippen LogP contribution is -2.51. The molecule has 32 heavy (non-hydrogen) atoms. The number of nitrogens with zero attached hydrogens (tertiary/aromatic N) is 2. The molecule has 0 saturated heterocycles. The Morgan fingerprint density at radius 2 is 1.72 bits per heavy atom. The second kappa shape index (κ2) is 8.27. The zero-order valence-corrected chi connectivity index (χ0v) is 18.9. The van der Waals surface area contributed by atoms with Crippen LogP contribution < -0.4 is 9.80 Å². The summed E-state index contributed by atoms with van der Waals surface area (Å²) in [6, 6.07) is 16.0. The summed E-state index contributed by atoms with van der Waals surface area (Å²) >= 11 is 0. The van der Waals surface area contributed by atoms with Crippen molar-refractivity contribution in [1.82, 2.24) is 0 Å². The number of rotatable bonds is 4. The molecule has 2 amide bonds. The van der Waals surface area contributed by atoms with Crippen LogP contribution in [0.15, 0.2) is 65.3 Å². The van der Waals surface area contributed by atoms with Gasteiger partial charge in [0.25, 0.3) is 5.91 Å². The highest BCUT2D eigenvalue weighted by molar-refractivity contribution is 7.89. The van der Waals surface area contributed by atoms with E-state index in [1.165, 1.54) is 19.4 Å². The van der Waals surface area contributed by atoms with E-state index in [2.05, 4.69) is 0 Å². The summed E-state index contributed by atoms with van der Waals surface area (Å²) in [7, 11) is -3.12. The van der Waals surface area contributed by atoms with Crippen molar-refractivity contribution in [3.05, 3.63) is 72.2 Å². The van der Waals surface area contributed by atoms with Gasteiger partial charge < -0.3 is 14.2 Å². The number of fused-ring (bicyclic) bond motifs is 1. The van der Waals surface area contributed by atoms with Crippen molar-refractivity contribution in [1.29, 1.82) is 0 Å². The van der Waals surface area contributed by atoms with Crippen molar-refractivity contribution in [3.63, 3.8) is 0 Å². The molecule has 4 rings (SSSR count). The fraction of sp³-hybridized carbons (Fsp3) is 0.250. The number of sulfone groups is 1. The van der Waals surface area contributed by atoms with Crippen molar-refractivity contribution in [3.8, 4) is 11.1 Å². The van der Waals surface area contributed by atoms with Crippen LogP contribution in [0.2, 0.25) is 0 Å². The van der Waals surface area contributed by atoms with Gasteiger partial charge in [-0.3, -0.25) is 9.59 Å². The van der Waals surface area contributed by atoms with Crippen molar-refractivity contribution in [2.75, 3.05) is 22.6 Å². The van der Waals surface area contributed by atoms with E-state index in [9.17, 15) is 18.0 Å². The fourth-order valence-electron chi connectivity index (χ4n) is 4.11. The van der Waals surface area contributed by atoms with Crippen molar-refractivity contribution < 1.29 is 22.4 Å². The fourth-order valence-corrected chi connectivity index (χ4v) is 4.90. The molecule has 0 radical (unpaired) electrons. The van der Waals surface area contributed by atoms with Crippen LogP contribution in [-0.2, 0) is 20.4 Å². The standard InChI is InChI=1S/C24H24N2O5S/c1-16-14-25(24(28)23-5-4-12-31-23)22-13-20(10-11-21(22)26(16)17(2)27)19-8-6-18(7-9-19)15-32(3,29)30/h4-13,16H,14-15H2,1-3H3/t16-/m0/s1. The second-order valence-corrected chi connectivity index (χ2v) is 10.2. The van der Waals surface area contributed by atoms with Gasteiger partial charge in [-0.25, -0.2) is 8.42 Å². The molecule has 0 fully saturated rings. The Balaban J connectivity index is 1.76. The van der Waals surface area contributed by atoms with Gasteiger partial charge in [0.1, 0.15) is 0 Å². The lowest BCUT2D eigenvalue weighted by Gasteiger charge is -2.40. The number of amides is 2. The Morgan fingerprint density at radius 1 is 1.03 bits per heavy atom. The van der Waals surface area contributed by atoms with Gasteiger partial charge >= 0.3 is 0 Å². The molecule has 0 saturated carbocycles. The van der Waals surface area contributed by atoms with Gasteiger partial charge in [-0.1, -0.05) is 30.3 Å². The Bertz CT molecular complexity index is 1260. The molecule has 8 heteroatoms. The average molecular weight is 453 g/mol. The lowest BCUT2D eigenvalue weighted by molar-refractivity contribution is -0.117. The van der Waals surface area contributed by atoms with Crippen LogP contribution in [0.5, 0.6) is 0 Å². The molecular formula is C24H24N2O5S. The normalized spacial score (nSPS) is 16.0. The molecule has 0 N–H and O–H groups in total. The first-order valence-corrected chi connectivity index (χ1v) is 12.3. The zero-order chi connectivity index (χ0) is 23.0. The maximum absolute atomic E-state index is 13.1. The Hall–Kier alpha value is -3.39. The van der Waals surface area contributed by atoms with E-state index in [-0.39, 0.29) is 29.4 Å². The third-order valence-corrected chi connectivity index (χ3v) is 6.30. The lowest BCUT2D eigenvalue weighted by atomic mass is 9.99. The highest BCUT2D eigenvalue weighted by Crippen LogP contribution is 2.39. The molecule has 166 valence electrons. The molecule has 7 nitrogen and oxygen atoms in total. The van der Waals surface area contributed by atoms with Crippen LogP contribution >= 0.6 is 0 Å².